The molecular weight excluding hydrogens is 364 g/mol. The summed E-state index contributed by atoms with van der Waals surface area (Å²) in [4.78, 5) is 5.20. The third-order valence-electron chi connectivity index (χ3n) is 5.89. The molecule has 3 aliphatic rings. The minimum atomic E-state index is 0.0830. The highest BCUT2D eigenvalue weighted by atomic mass is 35.5. The molecule has 2 saturated heterocycles. The first kappa shape index (κ1) is 19.3. The van der Waals surface area contributed by atoms with Gasteiger partial charge in [-0.3, -0.25) is 9.80 Å². The average molecular weight is 395 g/mol. The predicted octanol–water partition coefficient (Wildman–Crippen LogP) is 3.43. The first-order chi connectivity index (χ1) is 13.0. The lowest BCUT2D eigenvalue weighted by Gasteiger charge is -2.48. The van der Waals surface area contributed by atoms with E-state index in [0.29, 0.717) is 17.8 Å². The van der Waals surface area contributed by atoms with E-state index in [1.165, 1.54) is 12.8 Å². The Balaban J connectivity index is 1.43. The smallest absolute Gasteiger partial charge is 0.163 e. The molecule has 0 bridgehead atoms. The number of morpholine rings is 1. The molecule has 1 aliphatic carbocycles. The molecule has 5 nitrogen and oxygen atoms in total. The second-order valence-electron chi connectivity index (χ2n) is 8.33. The highest BCUT2D eigenvalue weighted by Gasteiger charge is 2.42. The molecule has 0 aromatic heterocycles. The van der Waals surface area contributed by atoms with E-state index in [1.807, 2.05) is 26.0 Å². The Morgan fingerprint density at radius 2 is 2.00 bits per heavy atom. The Bertz CT molecular complexity index is 665. The molecule has 1 aromatic rings. The molecule has 2 atom stereocenters. The topological polar surface area (TPSA) is 34.2 Å². The van der Waals surface area contributed by atoms with E-state index in [2.05, 4.69) is 9.80 Å². The number of halogens is 1. The Morgan fingerprint density at radius 1 is 1.19 bits per heavy atom. The standard InChI is InChI=1S/C21H31ClN2O3/c1-14(2)27-21-9-18(22)16(8-20(21)25-3)10-23-6-7-24-17(11-23)12-26-13-19(24)15-4-5-15/h8-9,14-15,17,19H,4-7,10-13H2,1-3H3/t17-,19-/m1/s1. The van der Waals surface area contributed by atoms with Crippen molar-refractivity contribution in [3.05, 3.63) is 22.7 Å². The molecule has 6 heteroatoms. The van der Waals surface area contributed by atoms with Crippen LogP contribution in [0, 0.1) is 5.92 Å². The van der Waals surface area contributed by atoms with Gasteiger partial charge in [-0.05, 0) is 44.2 Å². The van der Waals surface area contributed by atoms with Gasteiger partial charge in [0.15, 0.2) is 11.5 Å². The maximum atomic E-state index is 6.57. The van der Waals surface area contributed by atoms with Crippen LogP contribution in [-0.4, -0.2) is 67.9 Å². The molecule has 27 heavy (non-hydrogen) atoms. The molecule has 2 aliphatic heterocycles. The van der Waals surface area contributed by atoms with Crippen molar-refractivity contribution >= 4 is 11.6 Å². The van der Waals surface area contributed by atoms with Gasteiger partial charge < -0.3 is 14.2 Å². The zero-order valence-corrected chi connectivity index (χ0v) is 17.4. The molecule has 4 rings (SSSR count). The van der Waals surface area contributed by atoms with Crippen molar-refractivity contribution in [2.75, 3.05) is 40.0 Å². The number of ether oxygens (including phenoxy) is 3. The van der Waals surface area contributed by atoms with E-state index in [-0.39, 0.29) is 6.10 Å². The molecule has 1 saturated carbocycles. The van der Waals surface area contributed by atoms with Gasteiger partial charge in [0.25, 0.3) is 0 Å². The van der Waals surface area contributed by atoms with Gasteiger partial charge in [-0.1, -0.05) is 11.6 Å². The van der Waals surface area contributed by atoms with Crippen molar-refractivity contribution in [3.8, 4) is 11.5 Å². The zero-order chi connectivity index (χ0) is 19.0. The summed E-state index contributed by atoms with van der Waals surface area (Å²) in [6.45, 7) is 9.83. The lowest BCUT2D eigenvalue weighted by molar-refractivity contribution is -0.0880. The highest BCUT2D eigenvalue weighted by molar-refractivity contribution is 6.31. The number of nitrogens with zero attached hydrogens (tertiary/aromatic N) is 2. The van der Waals surface area contributed by atoms with Crippen LogP contribution in [0.4, 0.5) is 0 Å². The fourth-order valence-electron chi connectivity index (χ4n) is 4.42. The lowest BCUT2D eigenvalue weighted by Crippen LogP contribution is -2.62. The molecule has 0 radical (unpaired) electrons. The van der Waals surface area contributed by atoms with E-state index >= 15 is 0 Å². The number of rotatable bonds is 6. The van der Waals surface area contributed by atoms with Crippen molar-refractivity contribution in [1.82, 2.24) is 9.80 Å². The Labute approximate surface area is 167 Å². The molecule has 1 aromatic carbocycles. The molecule has 0 amide bonds. The van der Waals surface area contributed by atoms with Crippen LogP contribution in [0.3, 0.4) is 0 Å². The summed E-state index contributed by atoms with van der Waals surface area (Å²) < 4.78 is 17.3. The van der Waals surface area contributed by atoms with Crippen LogP contribution in [-0.2, 0) is 11.3 Å². The predicted molar refractivity (Wildman–Crippen MR) is 107 cm³/mol. The molecule has 150 valence electrons. The maximum absolute atomic E-state index is 6.57. The third kappa shape index (κ3) is 4.37. The fraction of sp³-hybridized carbons (Fsp3) is 0.714. The van der Waals surface area contributed by atoms with Gasteiger partial charge in [0.05, 0.1) is 26.4 Å². The molecule has 0 N–H and O–H groups in total. The van der Waals surface area contributed by atoms with Gasteiger partial charge >= 0.3 is 0 Å². The zero-order valence-electron chi connectivity index (χ0n) is 16.6. The molecule has 2 heterocycles. The molecule has 0 spiro atoms. The summed E-state index contributed by atoms with van der Waals surface area (Å²) in [5.74, 6) is 2.32. The van der Waals surface area contributed by atoms with Crippen LogP contribution in [0.25, 0.3) is 0 Å². The summed E-state index contributed by atoms with van der Waals surface area (Å²) in [6.07, 6.45) is 2.84. The number of hydrogen-bond acceptors (Lipinski definition) is 5. The normalized spacial score (nSPS) is 26.9. The van der Waals surface area contributed by atoms with Crippen molar-refractivity contribution in [2.45, 2.75) is 51.4 Å². The number of piperazine rings is 1. The van der Waals surface area contributed by atoms with Gasteiger partial charge in [0.2, 0.25) is 0 Å². The first-order valence-corrected chi connectivity index (χ1v) is 10.5. The van der Waals surface area contributed by atoms with Crippen molar-refractivity contribution in [1.29, 1.82) is 0 Å². The van der Waals surface area contributed by atoms with Crippen molar-refractivity contribution in [3.63, 3.8) is 0 Å². The number of hydrogen-bond donors (Lipinski definition) is 0. The molecule has 0 unspecified atom stereocenters. The SMILES string of the molecule is COc1cc(CN2CCN3[C@@H](COC[C@@H]3C3CC3)C2)c(Cl)cc1OC(C)C. The Morgan fingerprint density at radius 3 is 2.70 bits per heavy atom. The Kier molecular flexibility index (Phi) is 5.83. The van der Waals surface area contributed by atoms with Crippen LogP contribution < -0.4 is 9.47 Å². The number of fused-ring (bicyclic) bond motifs is 1. The second-order valence-corrected chi connectivity index (χ2v) is 8.74. The third-order valence-corrected chi connectivity index (χ3v) is 6.24. The van der Waals surface area contributed by atoms with Crippen LogP contribution in [0.15, 0.2) is 12.1 Å². The van der Waals surface area contributed by atoms with Crippen LogP contribution in [0.1, 0.15) is 32.3 Å². The minimum absolute atomic E-state index is 0.0830. The minimum Gasteiger partial charge on any atom is -0.493 e. The van der Waals surface area contributed by atoms with Gasteiger partial charge in [-0.2, -0.15) is 0 Å². The van der Waals surface area contributed by atoms with Crippen LogP contribution >= 0.6 is 11.6 Å². The van der Waals surface area contributed by atoms with E-state index in [1.54, 1.807) is 7.11 Å². The second kappa shape index (κ2) is 8.16. The highest BCUT2D eigenvalue weighted by Crippen LogP contribution is 2.39. The quantitative estimate of drug-likeness (QED) is 0.738. The van der Waals surface area contributed by atoms with E-state index in [0.717, 1.165) is 61.6 Å². The summed E-state index contributed by atoms with van der Waals surface area (Å²) >= 11 is 6.57. The first-order valence-electron chi connectivity index (χ1n) is 10.1. The van der Waals surface area contributed by atoms with Gasteiger partial charge in [0.1, 0.15) is 0 Å². The summed E-state index contributed by atoms with van der Waals surface area (Å²) in [5, 5.41) is 0.740. The van der Waals surface area contributed by atoms with Crippen LogP contribution in [0.5, 0.6) is 11.5 Å². The van der Waals surface area contributed by atoms with Gasteiger partial charge in [0, 0.05) is 49.4 Å². The van der Waals surface area contributed by atoms with Crippen molar-refractivity contribution < 1.29 is 14.2 Å². The molecule has 3 fully saturated rings. The van der Waals surface area contributed by atoms with E-state index < -0.39 is 0 Å². The van der Waals surface area contributed by atoms with Gasteiger partial charge in [-0.25, -0.2) is 0 Å². The summed E-state index contributed by atoms with van der Waals surface area (Å²) in [7, 11) is 1.68. The largest absolute Gasteiger partial charge is 0.493 e. The Hall–Kier alpha value is -1.01. The number of methoxy groups -OCH3 is 1. The molecular formula is C21H31ClN2O3. The van der Waals surface area contributed by atoms with Crippen LogP contribution in [0.2, 0.25) is 5.02 Å². The lowest BCUT2D eigenvalue weighted by atomic mass is 10.0. The number of benzene rings is 1. The summed E-state index contributed by atoms with van der Waals surface area (Å²) in [6, 6.07) is 5.06. The summed E-state index contributed by atoms with van der Waals surface area (Å²) in [5.41, 5.74) is 1.09. The maximum Gasteiger partial charge on any atom is 0.163 e. The average Bonchev–Trinajstić information content (AvgIpc) is 3.48. The monoisotopic (exact) mass is 394 g/mol. The fourth-order valence-corrected chi connectivity index (χ4v) is 4.63. The van der Waals surface area contributed by atoms with E-state index in [4.69, 9.17) is 25.8 Å². The van der Waals surface area contributed by atoms with Gasteiger partial charge in [-0.15, -0.1) is 0 Å². The van der Waals surface area contributed by atoms with E-state index in [9.17, 15) is 0 Å². The van der Waals surface area contributed by atoms with Crippen molar-refractivity contribution in [2.24, 2.45) is 5.92 Å².